The number of aryl methyl sites for hydroxylation is 1. The van der Waals surface area contributed by atoms with Crippen LogP contribution in [0.5, 0.6) is 11.5 Å². The van der Waals surface area contributed by atoms with Crippen LogP contribution in [0.1, 0.15) is 38.3 Å². The van der Waals surface area contributed by atoms with Crippen molar-refractivity contribution in [3.8, 4) is 11.5 Å². The molecule has 0 saturated heterocycles. The topological polar surface area (TPSA) is 69.6 Å². The first kappa shape index (κ1) is 16.9. The number of hydrogen-bond donors (Lipinski definition) is 3. The minimum absolute atomic E-state index is 0.0823. The SMILES string of the molecule is CC(C)(C)c1cc(CCC(=O)Nc2ccc(O)cc2)ccc1O. The molecule has 0 radical (unpaired) electrons. The molecule has 0 atom stereocenters. The van der Waals surface area contributed by atoms with Gasteiger partial charge in [-0.2, -0.15) is 0 Å². The summed E-state index contributed by atoms with van der Waals surface area (Å²) in [6.45, 7) is 6.14. The molecule has 0 aliphatic rings. The molecule has 0 fully saturated rings. The number of phenols is 2. The van der Waals surface area contributed by atoms with Gasteiger partial charge in [-0.25, -0.2) is 0 Å². The Hall–Kier alpha value is -2.49. The van der Waals surface area contributed by atoms with Gasteiger partial charge in [0.25, 0.3) is 0 Å². The Morgan fingerprint density at radius 3 is 2.30 bits per heavy atom. The number of nitrogens with one attached hydrogen (secondary N) is 1. The Morgan fingerprint density at radius 1 is 1.04 bits per heavy atom. The van der Waals surface area contributed by atoms with Crippen LogP contribution in [-0.2, 0) is 16.6 Å². The van der Waals surface area contributed by atoms with Crippen molar-refractivity contribution < 1.29 is 15.0 Å². The van der Waals surface area contributed by atoms with Gasteiger partial charge in [0, 0.05) is 12.1 Å². The van der Waals surface area contributed by atoms with E-state index >= 15 is 0 Å². The fraction of sp³-hybridized carbons (Fsp3) is 0.316. The van der Waals surface area contributed by atoms with Crippen LogP contribution < -0.4 is 5.32 Å². The highest BCUT2D eigenvalue weighted by molar-refractivity contribution is 5.90. The standard InChI is InChI=1S/C19H23NO3/c1-19(2,3)16-12-13(4-10-17(16)22)5-11-18(23)20-14-6-8-15(21)9-7-14/h4,6-10,12,21-22H,5,11H2,1-3H3,(H,20,23). The molecule has 0 saturated carbocycles. The number of benzene rings is 2. The van der Waals surface area contributed by atoms with Gasteiger partial charge in [0.1, 0.15) is 11.5 Å². The van der Waals surface area contributed by atoms with Crippen LogP contribution in [-0.4, -0.2) is 16.1 Å². The first-order valence-electron chi connectivity index (χ1n) is 7.67. The third-order valence-corrected chi connectivity index (χ3v) is 3.66. The van der Waals surface area contributed by atoms with Gasteiger partial charge in [0.05, 0.1) is 0 Å². The lowest BCUT2D eigenvalue weighted by atomic mass is 9.85. The smallest absolute Gasteiger partial charge is 0.224 e. The molecule has 0 spiro atoms. The van der Waals surface area contributed by atoms with Crippen molar-refractivity contribution in [3.63, 3.8) is 0 Å². The molecule has 0 heterocycles. The maximum Gasteiger partial charge on any atom is 0.224 e. The Labute approximate surface area is 136 Å². The predicted octanol–water partition coefficient (Wildman–Crippen LogP) is 3.97. The second kappa shape index (κ2) is 6.73. The molecule has 0 aliphatic carbocycles. The van der Waals surface area contributed by atoms with Crippen molar-refractivity contribution in [2.24, 2.45) is 0 Å². The summed E-state index contributed by atoms with van der Waals surface area (Å²) in [6.07, 6.45) is 0.961. The van der Waals surface area contributed by atoms with Crippen LogP contribution in [0.2, 0.25) is 0 Å². The third-order valence-electron chi connectivity index (χ3n) is 3.66. The molecular formula is C19H23NO3. The van der Waals surface area contributed by atoms with E-state index in [1.807, 2.05) is 32.9 Å². The summed E-state index contributed by atoms with van der Waals surface area (Å²) in [6, 6.07) is 11.9. The van der Waals surface area contributed by atoms with E-state index in [-0.39, 0.29) is 22.8 Å². The van der Waals surface area contributed by atoms with Crippen molar-refractivity contribution in [2.75, 3.05) is 5.32 Å². The van der Waals surface area contributed by atoms with Crippen LogP contribution in [0.4, 0.5) is 5.69 Å². The first-order chi connectivity index (χ1) is 10.8. The molecular weight excluding hydrogens is 290 g/mol. The van der Waals surface area contributed by atoms with E-state index < -0.39 is 0 Å². The minimum Gasteiger partial charge on any atom is -0.508 e. The summed E-state index contributed by atoms with van der Waals surface area (Å²) in [4.78, 5) is 12.0. The van der Waals surface area contributed by atoms with Gasteiger partial charge >= 0.3 is 0 Å². The molecule has 1 amide bonds. The van der Waals surface area contributed by atoms with Crippen LogP contribution in [0.25, 0.3) is 0 Å². The predicted molar refractivity (Wildman–Crippen MR) is 91.9 cm³/mol. The van der Waals surface area contributed by atoms with Crippen molar-refractivity contribution in [3.05, 3.63) is 53.6 Å². The highest BCUT2D eigenvalue weighted by Crippen LogP contribution is 2.31. The fourth-order valence-electron chi connectivity index (χ4n) is 2.37. The third kappa shape index (κ3) is 4.74. The van der Waals surface area contributed by atoms with Gasteiger partial charge in [-0.3, -0.25) is 4.79 Å². The van der Waals surface area contributed by atoms with E-state index in [9.17, 15) is 15.0 Å². The quantitative estimate of drug-likeness (QED) is 0.748. The zero-order valence-corrected chi connectivity index (χ0v) is 13.8. The number of rotatable bonds is 4. The van der Waals surface area contributed by atoms with Gasteiger partial charge in [-0.1, -0.05) is 32.9 Å². The van der Waals surface area contributed by atoms with E-state index in [1.165, 1.54) is 12.1 Å². The van der Waals surface area contributed by atoms with Gasteiger partial charge in [0.2, 0.25) is 5.91 Å². The van der Waals surface area contributed by atoms with E-state index in [0.29, 0.717) is 18.5 Å². The Bertz CT molecular complexity index is 685. The largest absolute Gasteiger partial charge is 0.508 e. The zero-order chi connectivity index (χ0) is 17.0. The van der Waals surface area contributed by atoms with Gasteiger partial charge in [-0.05, 0) is 53.3 Å². The molecule has 4 nitrogen and oxygen atoms in total. The number of hydrogen-bond acceptors (Lipinski definition) is 3. The second-order valence-electron chi connectivity index (χ2n) is 6.70. The lowest BCUT2D eigenvalue weighted by Gasteiger charge is -2.21. The monoisotopic (exact) mass is 313 g/mol. The molecule has 2 aromatic carbocycles. The number of carbonyl (C=O) groups is 1. The van der Waals surface area contributed by atoms with Crippen molar-refractivity contribution >= 4 is 11.6 Å². The molecule has 0 aromatic heterocycles. The van der Waals surface area contributed by atoms with Gasteiger partial charge in [-0.15, -0.1) is 0 Å². The summed E-state index contributed by atoms with van der Waals surface area (Å²) in [5, 5.41) is 22.0. The molecule has 0 unspecified atom stereocenters. The average molecular weight is 313 g/mol. The number of phenolic OH excluding ortho intramolecular Hbond substituents is 2. The van der Waals surface area contributed by atoms with E-state index in [1.54, 1.807) is 18.2 Å². The maximum atomic E-state index is 12.0. The summed E-state index contributed by atoms with van der Waals surface area (Å²) in [5.74, 6) is 0.373. The van der Waals surface area contributed by atoms with Crippen molar-refractivity contribution in [1.82, 2.24) is 0 Å². The molecule has 23 heavy (non-hydrogen) atoms. The number of aromatic hydroxyl groups is 2. The fourth-order valence-corrected chi connectivity index (χ4v) is 2.37. The summed E-state index contributed by atoms with van der Waals surface area (Å²) in [5.41, 5.74) is 2.42. The average Bonchev–Trinajstić information content (AvgIpc) is 2.47. The number of anilines is 1. The lowest BCUT2D eigenvalue weighted by Crippen LogP contribution is -2.14. The molecule has 0 bridgehead atoms. The lowest BCUT2D eigenvalue weighted by molar-refractivity contribution is -0.116. The van der Waals surface area contributed by atoms with Gasteiger partial charge < -0.3 is 15.5 Å². The Morgan fingerprint density at radius 2 is 1.70 bits per heavy atom. The molecule has 2 rings (SSSR count). The summed E-state index contributed by atoms with van der Waals surface area (Å²) < 4.78 is 0. The first-order valence-corrected chi connectivity index (χ1v) is 7.67. The zero-order valence-electron chi connectivity index (χ0n) is 13.8. The van der Waals surface area contributed by atoms with Crippen LogP contribution in [0.15, 0.2) is 42.5 Å². The van der Waals surface area contributed by atoms with Crippen LogP contribution in [0, 0.1) is 0 Å². The molecule has 3 N–H and O–H groups in total. The molecule has 2 aromatic rings. The maximum absolute atomic E-state index is 12.0. The minimum atomic E-state index is -0.144. The summed E-state index contributed by atoms with van der Waals surface area (Å²) in [7, 11) is 0. The Balaban J connectivity index is 1.98. The van der Waals surface area contributed by atoms with Gasteiger partial charge in [0.15, 0.2) is 0 Å². The van der Waals surface area contributed by atoms with Crippen molar-refractivity contribution in [1.29, 1.82) is 0 Å². The second-order valence-corrected chi connectivity index (χ2v) is 6.70. The Kier molecular flexibility index (Phi) is 4.94. The highest BCUT2D eigenvalue weighted by Gasteiger charge is 2.18. The van der Waals surface area contributed by atoms with Crippen molar-refractivity contribution in [2.45, 2.75) is 39.0 Å². The van der Waals surface area contributed by atoms with Crippen LogP contribution in [0.3, 0.4) is 0 Å². The highest BCUT2D eigenvalue weighted by atomic mass is 16.3. The molecule has 122 valence electrons. The van der Waals surface area contributed by atoms with Crippen LogP contribution >= 0.6 is 0 Å². The summed E-state index contributed by atoms with van der Waals surface area (Å²) >= 11 is 0. The van der Waals surface area contributed by atoms with E-state index in [2.05, 4.69) is 5.32 Å². The molecule has 0 aliphatic heterocycles. The molecule has 4 heteroatoms. The van der Waals surface area contributed by atoms with E-state index in [0.717, 1.165) is 11.1 Å². The normalized spacial score (nSPS) is 11.3. The van der Waals surface area contributed by atoms with E-state index in [4.69, 9.17) is 0 Å². The number of amides is 1. The number of carbonyl (C=O) groups excluding carboxylic acids is 1.